The molecule has 0 atom stereocenters. The van der Waals surface area contributed by atoms with E-state index in [1.165, 1.54) is 6.07 Å². The Morgan fingerprint density at radius 3 is 2.32 bits per heavy atom. The average Bonchev–Trinajstić information content (AvgIpc) is 2.48. The Morgan fingerprint density at radius 2 is 1.68 bits per heavy atom. The van der Waals surface area contributed by atoms with Crippen molar-refractivity contribution in [3.05, 3.63) is 65.2 Å². The van der Waals surface area contributed by atoms with Crippen molar-refractivity contribution < 1.29 is 14.7 Å². The van der Waals surface area contributed by atoms with Crippen molar-refractivity contribution in [1.29, 1.82) is 0 Å². The maximum Gasteiger partial charge on any atom is 0.337 e. The number of rotatable bonds is 3. The molecular weight excluding hydrogens is 300 g/mol. The van der Waals surface area contributed by atoms with Crippen LogP contribution in [0.25, 0.3) is 0 Å². The summed E-state index contributed by atoms with van der Waals surface area (Å²) in [5.41, 5.74) is 1.92. The van der Waals surface area contributed by atoms with E-state index < -0.39 is 5.97 Å². The van der Waals surface area contributed by atoms with Gasteiger partial charge in [0, 0.05) is 5.56 Å². The molecule has 2 aromatic carbocycles. The van der Waals surface area contributed by atoms with Gasteiger partial charge in [-0.3, -0.25) is 10.1 Å². The van der Waals surface area contributed by atoms with E-state index in [0.717, 1.165) is 5.56 Å². The topological polar surface area (TPSA) is 78.4 Å². The maximum absolute atomic E-state index is 12.0. The van der Waals surface area contributed by atoms with Crippen molar-refractivity contribution >= 4 is 34.9 Å². The summed E-state index contributed by atoms with van der Waals surface area (Å²) in [5.74, 6) is -1.43. The quantitative estimate of drug-likeness (QED) is 0.759. The van der Waals surface area contributed by atoms with Crippen LogP contribution in [0.4, 0.5) is 5.69 Å². The number of carbonyl (C=O) groups is 2. The minimum atomic E-state index is -1.07. The first-order valence-electron chi connectivity index (χ1n) is 6.48. The lowest BCUT2D eigenvalue weighted by Crippen LogP contribution is -2.34. The monoisotopic (exact) mass is 314 g/mol. The molecule has 2 rings (SSSR count). The Bertz CT molecular complexity index is 726. The maximum atomic E-state index is 12.0. The van der Waals surface area contributed by atoms with Crippen LogP contribution in [0.2, 0.25) is 0 Å². The number of aryl methyl sites for hydroxylation is 1. The zero-order valence-electron chi connectivity index (χ0n) is 11.8. The number of hydrogen-bond acceptors (Lipinski definition) is 3. The van der Waals surface area contributed by atoms with Gasteiger partial charge < -0.3 is 10.4 Å². The molecule has 112 valence electrons. The third-order valence-electron chi connectivity index (χ3n) is 2.95. The predicted octanol–water partition coefficient (Wildman–Crippen LogP) is 2.82. The molecule has 0 saturated carbocycles. The number of hydrogen-bond donors (Lipinski definition) is 3. The molecule has 0 bridgehead atoms. The standard InChI is InChI=1S/C16H14N2O3S/c1-10-6-8-11(9-7-10)14(19)18-16(22)17-13-5-3-2-4-12(13)15(20)21/h2-9H,1H3,(H,20,21)(H2,17,18,19,22). The number of nitrogens with one attached hydrogen (secondary N) is 2. The largest absolute Gasteiger partial charge is 0.478 e. The molecule has 1 amide bonds. The van der Waals surface area contributed by atoms with Gasteiger partial charge in [-0.05, 0) is 43.4 Å². The van der Waals surface area contributed by atoms with Gasteiger partial charge in [-0.15, -0.1) is 0 Å². The van der Waals surface area contributed by atoms with Gasteiger partial charge >= 0.3 is 5.97 Å². The number of thiocarbonyl (C=S) groups is 1. The van der Waals surface area contributed by atoms with E-state index in [4.69, 9.17) is 17.3 Å². The zero-order valence-corrected chi connectivity index (χ0v) is 12.6. The van der Waals surface area contributed by atoms with Crippen LogP contribution in [0.1, 0.15) is 26.3 Å². The summed E-state index contributed by atoms with van der Waals surface area (Å²) in [7, 11) is 0. The van der Waals surface area contributed by atoms with Crippen molar-refractivity contribution in [2.75, 3.05) is 5.32 Å². The summed E-state index contributed by atoms with van der Waals surface area (Å²) in [6, 6.07) is 13.4. The van der Waals surface area contributed by atoms with E-state index in [9.17, 15) is 9.59 Å². The van der Waals surface area contributed by atoms with Gasteiger partial charge in [0.15, 0.2) is 5.11 Å². The van der Waals surface area contributed by atoms with E-state index in [1.807, 2.05) is 19.1 Å². The summed E-state index contributed by atoms with van der Waals surface area (Å²) >= 11 is 5.05. The van der Waals surface area contributed by atoms with Crippen LogP contribution in [0, 0.1) is 6.92 Å². The predicted molar refractivity (Wildman–Crippen MR) is 88.3 cm³/mol. The minimum absolute atomic E-state index is 0.0410. The number of amides is 1. The Balaban J connectivity index is 2.06. The van der Waals surface area contributed by atoms with Crippen LogP contribution in [-0.2, 0) is 0 Å². The van der Waals surface area contributed by atoms with Gasteiger partial charge in [0.2, 0.25) is 0 Å². The molecule has 0 aliphatic rings. The van der Waals surface area contributed by atoms with E-state index in [1.54, 1.807) is 30.3 Å². The van der Waals surface area contributed by atoms with Crippen LogP contribution in [-0.4, -0.2) is 22.1 Å². The fourth-order valence-corrected chi connectivity index (χ4v) is 2.02. The second-order valence-electron chi connectivity index (χ2n) is 4.63. The van der Waals surface area contributed by atoms with Crippen LogP contribution >= 0.6 is 12.2 Å². The minimum Gasteiger partial charge on any atom is -0.478 e. The van der Waals surface area contributed by atoms with Crippen LogP contribution in [0.3, 0.4) is 0 Å². The van der Waals surface area contributed by atoms with Crippen molar-refractivity contribution in [2.24, 2.45) is 0 Å². The fourth-order valence-electron chi connectivity index (χ4n) is 1.81. The second kappa shape index (κ2) is 6.82. The molecule has 0 saturated heterocycles. The Morgan fingerprint density at radius 1 is 1.05 bits per heavy atom. The third-order valence-corrected chi connectivity index (χ3v) is 3.15. The molecule has 0 aromatic heterocycles. The van der Waals surface area contributed by atoms with Gasteiger partial charge in [0.25, 0.3) is 5.91 Å². The molecule has 0 fully saturated rings. The number of anilines is 1. The molecule has 0 heterocycles. The third kappa shape index (κ3) is 3.89. The van der Waals surface area contributed by atoms with Crippen molar-refractivity contribution in [3.8, 4) is 0 Å². The lowest BCUT2D eigenvalue weighted by atomic mass is 10.1. The molecule has 0 unspecified atom stereocenters. The molecular formula is C16H14N2O3S. The number of para-hydroxylation sites is 1. The Labute approximate surface area is 133 Å². The normalized spacial score (nSPS) is 9.86. The van der Waals surface area contributed by atoms with Gasteiger partial charge in [-0.25, -0.2) is 4.79 Å². The lowest BCUT2D eigenvalue weighted by Gasteiger charge is -2.11. The molecule has 6 heteroatoms. The second-order valence-corrected chi connectivity index (χ2v) is 5.03. The Hall–Kier alpha value is -2.73. The summed E-state index contributed by atoms with van der Waals surface area (Å²) in [6.07, 6.45) is 0. The lowest BCUT2D eigenvalue weighted by molar-refractivity contribution is 0.0698. The fraction of sp³-hybridized carbons (Fsp3) is 0.0625. The molecule has 0 aliphatic carbocycles. The molecule has 5 nitrogen and oxygen atoms in total. The van der Waals surface area contributed by atoms with Crippen LogP contribution in [0.5, 0.6) is 0 Å². The van der Waals surface area contributed by atoms with Gasteiger partial charge in [-0.2, -0.15) is 0 Å². The number of aromatic carboxylic acids is 1. The van der Waals surface area contributed by atoms with Gasteiger partial charge in [-0.1, -0.05) is 29.8 Å². The van der Waals surface area contributed by atoms with Crippen LogP contribution < -0.4 is 10.6 Å². The highest BCUT2D eigenvalue weighted by atomic mass is 32.1. The smallest absolute Gasteiger partial charge is 0.337 e. The molecule has 2 aromatic rings. The number of carbonyl (C=O) groups excluding carboxylic acids is 1. The average molecular weight is 314 g/mol. The first-order valence-corrected chi connectivity index (χ1v) is 6.89. The van der Waals surface area contributed by atoms with Crippen molar-refractivity contribution in [1.82, 2.24) is 5.32 Å². The zero-order chi connectivity index (χ0) is 16.1. The summed E-state index contributed by atoms with van der Waals surface area (Å²) in [6.45, 7) is 1.93. The highest BCUT2D eigenvalue weighted by Gasteiger charge is 2.12. The highest BCUT2D eigenvalue weighted by molar-refractivity contribution is 7.80. The SMILES string of the molecule is Cc1ccc(C(=O)NC(=S)Nc2ccccc2C(=O)O)cc1. The van der Waals surface area contributed by atoms with Crippen molar-refractivity contribution in [2.45, 2.75) is 6.92 Å². The highest BCUT2D eigenvalue weighted by Crippen LogP contribution is 2.14. The summed E-state index contributed by atoms with van der Waals surface area (Å²) in [5, 5.41) is 14.4. The molecule has 0 spiro atoms. The van der Waals surface area contributed by atoms with Crippen LogP contribution in [0.15, 0.2) is 48.5 Å². The van der Waals surface area contributed by atoms with E-state index >= 15 is 0 Å². The summed E-state index contributed by atoms with van der Waals surface area (Å²) in [4.78, 5) is 23.1. The molecule has 0 aliphatic heterocycles. The number of carboxylic acids is 1. The molecule has 22 heavy (non-hydrogen) atoms. The Kier molecular flexibility index (Phi) is 4.85. The first-order chi connectivity index (χ1) is 10.5. The molecule has 0 radical (unpaired) electrons. The first kappa shape index (κ1) is 15.7. The number of carboxylic acid groups (broad SMARTS) is 1. The summed E-state index contributed by atoms with van der Waals surface area (Å²) < 4.78 is 0. The van der Waals surface area contributed by atoms with E-state index in [0.29, 0.717) is 11.3 Å². The van der Waals surface area contributed by atoms with Gasteiger partial charge in [0.05, 0.1) is 11.3 Å². The molecule has 3 N–H and O–H groups in total. The number of benzene rings is 2. The van der Waals surface area contributed by atoms with Crippen molar-refractivity contribution in [3.63, 3.8) is 0 Å². The van der Waals surface area contributed by atoms with Gasteiger partial charge in [0.1, 0.15) is 0 Å². The van der Waals surface area contributed by atoms with E-state index in [2.05, 4.69) is 10.6 Å². The van der Waals surface area contributed by atoms with E-state index in [-0.39, 0.29) is 16.6 Å².